The van der Waals surface area contributed by atoms with Crippen molar-refractivity contribution < 1.29 is 4.52 Å². The largest absolute Gasteiger partial charge is 0.339 e. The average Bonchev–Trinajstić information content (AvgIpc) is 3.39. The van der Waals surface area contributed by atoms with Crippen molar-refractivity contribution in [1.29, 1.82) is 0 Å². The quantitative estimate of drug-likeness (QED) is 0.521. The van der Waals surface area contributed by atoms with Crippen LogP contribution in [-0.4, -0.2) is 42.7 Å². The number of nitrogens with zero attached hydrogens (tertiary/aromatic N) is 6. The molecule has 0 bridgehead atoms. The lowest BCUT2D eigenvalue weighted by Crippen LogP contribution is -2.33. The van der Waals surface area contributed by atoms with Crippen LogP contribution in [-0.2, 0) is 13.0 Å². The van der Waals surface area contributed by atoms with Crippen LogP contribution in [0, 0.1) is 12.8 Å². The minimum absolute atomic E-state index is 0.580. The molecule has 0 amide bonds. The normalized spacial score (nSPS) is 15.9. The van der Waals surface area contributed by atoms with Gasteiger partial charge in [-0.1, -0.05) is 5.16 Å². The molecule has 148 valence electrons. The van der Waals surface area contributed by atoms with E-state index in [9.17, 15) is 0 Å². The van der Waals surface area contributed by atoms with Gasteiger partial charge in [-0.25, -0.2) is 4.52 Å². The molecule has 4 aromatic heterocycles. The summed E-state index contributed by atoms with van der Waals surface area (Å²) in [5.74, 6) is 1.88. The minimum Gasteiger partial charge on any atom is -0.339 e. The third-order valence-corrected chi connectivity index (χ3v) is 5.65. The van der Waals surface area contributed by atoms with Crippen LogP contribution in [0.2, 0.25) is 0 Å². The molecule has 7 heteroatoms. The van der Waals surface area contributed by atoms with E-state index >= 15 is 0 Å². The topological polar surface area (TPSA) is 72.4 Å². The van der Waals surface area contributed by atoms with Crippen molar-refractivity contribution in [1.82, 2.24) is 29.6 Å². The summed E-state index contributed by atoms with van der Waals surface area (Å²) in [6.07, 6.45) is 8.79. The molecule has 0 aliphatic carbocycles. The van der Waals surface area contributed by atoms with Crippen molar-refractivity contribution in [3.63, 3.8) is 0 Å². The van der Waals surface area contributed by atoms with Gasteiger partial charge in [0.2, 0.25) is 11.7 Å². The molecule has 4 aromatic rings. The zero-order chi connectivity index (χ0) is 19.6. The maximum Gasteiger partial charge on any atom is 0.227 e. The fourth-order valence-corrected chi connectivity index (χ4v) is 4.02. The van der Waals surface area contributed by atoms with Crippen molar-refractivity contribution in [3.8, 4) is 11.5 Å². The van der Waals surface area contributed by atoms with Gasteiger partial charge in [-0.3, -0.25) is 9.88 Å². The highest BCUT2D eigenvalue weighted by molar-refractivity contribution is 5.49. The molecular formula is C22H24N6O. The minimum atomic E-state index is 0.580. The number of piperidine rings is 1. The summed E-state index contributed by atoms with van der Waals surface area (Å²) in [4.78, 5) is 11.4. The van der Waals surface area contributed by atoms with Gasteiger partial charge >= 0.3 is 0 Å². The highest BCUT2D eigenvalue weighted by Crippen LogP contribution is 2.24. The molecule has 29 heavy (non-hydrogen) atoms. The lowest BCUT2D eigenvalue weighted by atomic mass is 9.93. The number of aromatic nitrogens is 5. The third kappa shape index (κ3) is 4.05. The summed E-state index contributed by atoms with van der Waals surface area (Å²) in [6, 6.07) is 10.4. The summed E-state index contributed by atoms with van der Waals surface area (Å²) in [5.41, 5.74) is 4.39. The van der Waals surface area contributed by atoms with Crippen molar-refractivity contribution in [2.75, 3.05) is 13.1 Å². The van der Waals surface area contributed by atoms with Gasteiger partial charge in [0.05, 0.1) is 5.52 Å². The molecule has 0 N–H and O–H groups in total. The van der Waals surface area contributed by atoms with Gasteiger partial charge in [-0.2, -0.15) is 10.1 Å². The van der Waals surface area contributed by atoms with Crippen LogP contribution in [0.15, 0.2) is 53.4 Å². The molecule has 1 fully saturated rings. The molecule has 1 saturated heterocycles. The Morgan fingerprint density at radius 2 is 2.00 bits per heavy atom. The van der Waals surface area contributed by atoms with Crippen LogP contribution in [0.1, 0.15) is 29.9 Å². The Kier molecular flexibility index (Phi) is 4.81. The van der Waals surface area contributed by atoms with Gasteiger partial charge in [0, 0.05) is 31.6 Å². The van der Waals surface area contributed by atoms with Crippen LogP contribution in [0.3, 0.4) is 0 Å². The molecule has 5 heterocycles. The maximum absolute atomic E-state index is 5.49. The number of pyridine rings is 2. The predicted octanol–water partition coefficient (Wildman–Crippen LogP) is 3.54. The van der Waals surface area contributed by atoms with Crippen LogP contribution < -0.4 is 0 Å². The van der Waals surface area contributed by atoms with E-state index in [-0.39, 0.29) is 0 Å². The van der Waals surface area contributed by atoms with Crippen LogP contribution >= 0.6 is 0 Å². The first-order valence-corrected chi connectivity index (χ1v) is 10.1. The SMILES string of the molecule is Cc1ccnc(-c2noc(CC3CCN(Cc4ccn5nccc5c4)CC3)n2)c1. The summed E-state index contributed by atoms with van der Waals surface area (Å²) in [6.45, 7) is 5.21. The number of likely N-dealkylation sites (tertiary alicyclic amines) is 1. The molecule has 1 aliphatic heterocycles. The van der Waals surface area contributed by atoms with Crippen molar-refractivity contribution in [3.05, 3.63) is 65.9 Å². The Morgan fingerprint density at radius 3 is 2.86 bits per heavy atom. The highest BCUT2D eigenvalue weighted by Gasteiger charge is 2.22. The first-order chi connectivity index (χ1) is 14.2. The van der Waals surface area contributed by atoms with E-state index in [0.717, 1.165) is 55.7 Å². The molecular weight excluding hydrogens is 364 g/mol. The van der Waals surface area contributed by atoms with Crippen LogP contribution in [0.5, 0.6) is 0 Å². The van der Waals surface area contributed by atoms with Crippen molar-refractivity contribution in [2.24, 2.45) is 5.92 Å². The Hall–Kier alpha value is -3.06. The lowest BCUT2D eigenvalue weighted by Gasteiger charge is -2.31. The molecule has 0 saturated carbocycles. The molecule has 0 aromatic carbocycles. The van der Waals surface area contributed by atoms with Gasteiger partial charge in [0.25, 0.3) is 0 Å². The number of hydrogen-bond acceptors (Lipinski definition) is 6. The molecule has 1 aliphatic rings. The zero-order valence-corrected chi connectivity index (χ0v) is 16.5. The zero-order valence-electron chi connectivity index (χ0n) is 16.5. The number of hydrogen-bond donors (Lipinski definition) is 0. The summed E-state index contributed by atoms with van der Waals surface area (Å²) < 4.78 is 7.40. The Morgan fingerprint density at radius 1 is 1.10 bits per heavy atom. The summed E-state index contributed by atoms with van der Waals surface area (Å²) >= 11 is 0. The first kappa shape index (κ1) is 18.0. The lowest BCUT2D eigenvalue weighted by molar-refractivity contribution is 0.171. The van der Waals surface area contributed by atoms with E-state index in [2.05, 4.69) is 37.3 Å². The Labute approximate surface area is 169 Å². The second kappa shape index (κ2) is 7.75. The second-order valence-corrected chi connectivity index (χ2v) is 7.89. The monoisotopic (exact) mass is 388 g/mol. The molecule has 0 radical (unpaired) electrons. The van der Waals surface area contributed by atoms with E-state index in [1.54, 1.807) is 6.20 Å². The fraction of sp³-hybridized carbons (Fsp3) is 0.364. The van der Waals surface area contributed by atoms with E-state index in [1.165, 1.54) is 5.56 Å². The maximum atomic E-state index is 5.49. The van der Waals surface area contributed by atoms with Gasteiger partial charge in [-0.05, 0) is 80.2 Å². The Balaban J connectivity index is 1.16. The van der Waals surface area contributed by atoms with Crippen molar-refractivity contribution in [2.45, 2.75) is 32.7 Å². The first-order valence-electron chi connectivity index (χ1n) is 10.1. The van der Waals surface area contributed by atoms with E-state index in [1.807, 2.05) is 42.0 Å². The fourth-order valence-electron chi connectivity index (χ4n) is 4.02. The van der Waals surface area contributed by atoms with Gasteiger partial charge in [0.1, 0.15) is 5.69 Å². The molecule has 7 nitrogen and oxygen atoms in total. The second-order valence-electron chi connectivity index (χ2n) is 7.89. The molecule has 5 rings (SSSR count). The number of aryl methyl sites for hydroxylation is 1. The van der Waals surface area contributed by atoms with Crippen molar-refractivity contribution >= 4 is 5.52 Å². The standard InChI is InChI=1S/C22H24N6O/c1-16-2-7-23-20(12-16)22-25-21(29-26-22)14-17-4-9-27(10-5-17)15-18-6-11-28-19(13-18)3-8-24-28/h2-3,6-8,11-13,17H,4-5,9-10,14-15H2,1H3. The Bertz CT molecular complexity index is 1110. The predicted molar refractivity (Wildman–Crippen MR) is 109 cm³/mol. The average molecular weight is 388 g/mol. The summed E-state index contributed by atoms with van der Waals surface area (Å²) in [7, 11) is 0. The summed E-state index contributed by atoms with van der Waals surface area (Å²) in [5, 5.41) is 8.38. The van der Waals surface area contributed by atoms with Gasteiger partial charge in [-0.15, -0.1) is 0 Å². The van der Waals surface area contributed by atoms with E-state index in [0.29, 0.717) is 17.6 Å². The van der Waals surface area contributed by atoms with E-state index in [4.69, 9.17) is 4.52 Å². The molecule has 0 atom stereocenters. The third-order valence-electron chi connectivity index (χ3n) is 5.65. The molecule has 0 spiro atoms. The highest BCUT2D eigenvalue weighted by atomic mass is 16.5. The van der Waals surface area contributed by atoms with Crippen LogP contribution in [0.25, 0.3) is 17.0 Å². The van der Waals surface area contributed by atoms with Gasteiger partial charge in [0.15, 0.2) is 0 Å². The number of rotatable bonds is 5. The smallest absolute Gasteiger partial charge is 0.227 e. The number of fused-ring (bicyclic) bond motifs is 1. The molecule has 0 unspecified atom stereocenters. The van der Waals surface area contributed by atoms with Gasteiger partial charge < -0.3 is 4.52 Å². The van der Waals surface area contributed by atoms with E-state index < -0.39 is 0 Å². The van der Waals surface area contributed by atoms with Crippen LogP contribution in [0.4, 0.5) is 0 Å².